The van der Waals surface area contributed by atoms with Crippen LogP contribution in [-0.2, 0) is 11.0 Å². The number of ether oxygens (including phenoxy) is 1. The second-order valence-electron chi connectivity index (χ2n) is 7.36. The van der Waals surface area contributed by atoms with E-state index in [4.69, 9.17) is 16.2 Å². The third kappa shape index (κ3) is 5.74. The van der Waals surface area contributed by atoms with Gasteiger partial charge in [0.1, 0.15) is 29.4 Å². The van der Waals surface area contributed by atoms with E-state index in [1.54, 1.807) is 6.92 Å². The van der Waals surface area contributed by atoms with Crippen molar-refractivity contribution in [3.8, 4) is 5.75 Å². The molecule has 0 aliphatic heterocycles. The number of carbonyl (C=O) groups excluding carboxylic acids is 2. The molecule has 8 nitrogen and oxygen atoms in total. The first-order chi connectivity index (χ1) is 15.0. The number of nitrogens with one attached hydrogen (secondary N) is 1. The molecule has 1 aromatic heterocycles. The minimum atomic E-state index is -4.40. The molecule has 2 amide bonds. The van der Waals surface area contributed by atoms with Gasteiger partial charge in [-0.2, -0.15) is 13.2 Å². The Labute approximate surface area is 181 Å². The highest BCUT2D eigenvalue weighted by molar-refractivity contribution is 5.92. The van der Waals surface area contributed by atoms with Crippen LogP contribution in [0.15, 0.2) is 36.4 Å². The van der Waals surface area contributed by atoms with E-state index in [2.05, 4.69) is 15.3 Å². The molecule has 0 saturated carbocycles. The zero-order valence-electron chi connectivity index (χ0n) is 17.1. The number of nitrogens with zero attached hydrogens (tertiary/aromatic N) is 2. The lowest BCUT2D eigenvalue weighted by molar-refractivity contribution is -0.137. The first kappa shape index (κ1) is 23.0. The van der Waals surface area contributed by atoms with Crippen molar-refractivity contribution in [2.45, 2.75) is 44.5 Å². The molecule has 0 bridgehead atoms. The number of hydrogen-bond acceptors (Lipinski definition) is 6. The highest BCUT2D eigenvalue weighted by atomic mass is 19.4. The van der Waals surface area contributed by atoms with Gasteiger partial charge in [0.2, 0.25) is 5.91 Å². The Kier molecular flexibility index (Phi) is 6.66. The molecule has 32 heavy (non-hydrogen) atoms. The minimum absolute atomic E-state index is 0.0156. The smallest absolute Gasteiger partial charge is 0.416 e. The Morgan fingerprint density at radius 1 is 1.19 bits per heavy atom. The van der Waals surface area contributed by atoms with Gasteiger partial charge in [0.15, 0.2) is 5.82 Å². The second kappa shape index (κ2) is 9.25. The molecule has 2 atom stereocenters. The van der Waals surface area contributed by atoms with Gasteiger partial charge >= 0.3 is 6.18 Å². The number of anilines is 1. The molecular weight excluding hydrogens is 427 g/mol. The first-order valence-corrected chi connectivity index (χ1v) is 9.81. The van der Waals surface area contributed by atoms with Gasteiger partial charge in [0.25, 0.3) is 5.91 Å². The molecule has 1 heterocycles. The summed E-state index contributed by atoms with van der Waals surface area (Å²) in [5.74, 6) is -0.472. The molecule has 1 aliphatic rings. The molecule has 0 fully saturated rings. The maximum atomic E-state index is 12.7. The Balaban J connectivity index is 1.72. The number of hydrogen-bond donors (Lipinski definition) is 3. The maximum Gasteiger partial charge on any atom is 0.416 e. The Hall–Kier alpha value is -3.63. The van der Waals surface area contributed by atoms with E-state index in [9.17, 15) is 22.8 Å². The third-order valence-electron chi connectivity index (χ3n) is 4.90. The highest BCUT2D eigenvalue weighted by Crippen LogP contribution is 2.32. The van der Waals surface area contributed by atoms with Gasteiger partial charge in [0, 0.05) is 12.5 Å². The first-order valence-electron chi connectivity index (χ1n) is 9.81. The molecule has 3 rings (SSSR count). The number of amides is 2. The average molecular weight is 449 g/mol. The predicted octanol–water partition coefficient (Wildman–Crippen LogP) is 2.89. The van der Waals surface area contributed by atoms with Gasteiger partial charge in [-0.05, 0) is 49.6 Å². The lowest BCUT2D eigenvalue weighted by Gasteiger charge is -2.23. The van der Waals surface area contributed by atoms with Crippen LogP contribution in [0.2, 0.25) is 0 Å². The molecule has 11 heteroatoms. The van der Waals surface area contributed by atoms with Crippen molar-refractivity contribution >= 4 is 23.2 Å². The number of alkyl halides is 3. The van der Waals surface area contributed by atoms with Crippen molar-refractivity contribution in [3.63, 3.8) is 0 Å². The summed E-state index contributed by atoms with van der Waals surface area (Å²) in [6.45, 7) is 1.55. The largest absolute Gasteiger partial charge is 0.490 e. The van der Waals surface area contributed by atoms with Crippen molar-refractivity contribution in [1.82, 2.24) is 9.97 Å². The van der Waals surface area contributed by atoms with Gasteiger partial charge in [-0.15, -0.1) is 0 Å². The van der Waals surface area contributed by atoms with Crippen molar-refractivity contribution in [3.05, 3.63) is 53.5 Å². The van der Waals surface area contributed by atoms with Crippen LogP contribution in [0.3, 0.4) is 0 Å². The molecule has 2 aromatic rings. The quantitative estimate of drug-likeness (QED) is 0.595. The second-order valence-corrected chi connectivity index (χ2v) is 7.36. The lowest BCUT2D eigenvalue weighted by Crippen LogP contribution is -2.33. The number of nitrogens with two attached hydrogens (primary N) is 2. The van der Waals surface area contributed by atoms with Crippen LogP contribution in [0.5, 0.6) is 5.75 Å². The van der Waals surface area contributed by atoms with E-state index in [0.29, 0.717) is 25.0 Å². The van der Waals surface area contributed by atoms with E-state index in [1.165, 1.54) is 18.2 Å². The van der Waals surface area contributed by atoms with Gasteiger partial charge in [-0.3, -0.25) is 9.59 Å². The van der Waals surface area contributed by atoms with E-state index >= 15 is 0 Å². The third-order valence-corrected chi connectivity index (χ3v) is 4.90. The molecule has 1 unspecified atom stereocenters. The van der Waals surface area contributed by atoms with E-state index in [0.717, 1.165) is 17.7 Å². The zero-order valence-corrected chi connectivity index (χ0v) is 17.1. The van der Waals surface area contributed by atoms with Crippen LogP contribution in [0.4, 0.5) is 19.0 Å². The number of rotatable bonds is 7. The van der Waals surface area contributed by atoms with Crippen molar-refractivity contribution < 1.29 is 27.5 Å². The fourth-order valence-corrected chi connectivity index (χ4v) is 3.12. The summed E-state index contributed by atoms with van der Waals surface area (Å²) in [6.07, 6.45) is -1.23. The Morgan fingerprint density at radius 3 is 2.41 bits per heavy atom. The summed E-state index contributed by atoms with van der Waals surface area (Å²) in [5.41, 5.74) is 10.6. The molecule has 1 aromatic carbocycles. The van der Waals surface area contributed by atoms with Crippen LogP contribution >= 0.6 is 0 Å². The summed E-state index contributed by atoms with van der Waals surface area (Å²) < 4.78 is 43.8. The Morgan fingerprint density at radius 2 is 1.88 bits per heavy atom. The fourth-order valence-electron chi connectivity index (χ4n) is 3.12. The van der Waals surface area contributed by atoms with Crippen LogP contribution in [-0.4, -0.2) is 33.9 Å². The van der Waals surface area contributed by atoms with Crippen LogP contribution < -0.4 is 21.5 Å². The van der Waals surface area contributed by atoms with Crippen molar-refractivity contribution in [2.75, 3.05) is 5.32 Å². The summed E-state index contributed by atoms with van der Waals surface area (Å²) >= 11 is 0. The number of allylic oxidation sites excluding steroid dienone is 1. The standard InChI is InChI=1S/C21H22F3N5O3/c1-11(18(25)30)27-17-10-16(19(26)31)28-20(29-17)12-2-6-14(7-3-12)32-15-8-4-13(5-9-15)21(22,23)24/h2,4-5,8-11,14H,3,6-7H2,1H3,(H2,25,30)(H2,26,31)(H,27,28,29)/t11-,14?/m0/s1. The molecule has 1 aliphatic carbocycles. The number of primary amides is 2. The van der Waals surface area contributed by atoms with Crippen LogP contribution in [0.1, 0.15) is 48.1 Å². The van der Waals surface area contributed by atoms with E-state index in [-0.39, 0.29) is 23.4 Å². The van der Waals surface area contributed by atoms with Gasteiger partial charge in [-0.1, -0.05) is 6.08 Å². The van der Waals surface area contributed by atoms with E-state index in [1.807, 2.05) is 6.08 Å². The van der Waals surface area contributed by atoms with Crippen LogP contribution in [0, 0.1) is 0 Å². The summed E-state index contributed by atoms with van der Waals surface area (Å²) in [5, 5.41) is 2.81. The predicted molar refractivity (Wildman–Crippen MR) is 111 cm³/mol. The number of benzene rings is 1. The highest BCUT2D eigenvalue weighted by Gasteiger charge is 2.30. The van der Waals surface area contributed by atoms with E-state index < -0.39 is 29.6 Å². The Bertz CT molecular complexity index is 1040. The zero-order chi connectivity index (χ0) is 23.5. The normalized spacial score (nSPS) is 17.2. The van der Waals surface area contributed by atoms with Crippen molar-refractivity contribution in [2.24, 2.45) is 11.5 Å². The lowest BCUT2D eigenvalue weighted by atomic mass is 9.96. The topological polar surface area (TPSA) is 133 Å². The number of carbonyl (C=O) groups is 2. The van der Waals surface area contributed by atoms with Gasteiger partial charge < -0.3 is 21.5 Å². The number of halogens is 3. The fraction of sp³-hybridized carbons (Fsp3) is 0.333. The summed E-state index contributed by atoms with van der Waals surface area (Å²) in [4.78, 5) is 31.5. The SMILES string of the molecule is C[C@H](Nc1cc(C(N)=O)nc(C2=CCC(Oc3ccc(C(F)(F)F)cc3)CC2)n1)C(N)=O. The molecular formula is C21H22F3N5O3. The van der Waals surface area contributed by atoms with Gasteiger partial charge in [-0.25, -0.2) is 9.97 Å². The summed E-state index contributed by atoms with van der Waals surface area (Å²) in [7, 11) is 0. The molecule has 0 spiro atoms. The summed E-state index contributed by atoms with van der Waals surface area (Å²) in [6, 6.07) is 5.15. The van der Waals surface area contributed by atoms with Gasteiger partial charge in [0.05, 0.1) is 5.56 Å². The average Bonchev–Trinajstić information content (AvgIpc) is 2.73. The monoisotopic (exact) mass is 449 g/mol. The molecule has 170 valence electrons. The number of aromatic nitrogens is 2. The maximum absolute atomic E-state index is 12.7. The molecule has 5 N–H and O–H groups in total. The van der Waals surface area contributed by atoms with Crippen LogP contribution in [0.25, 0.3) is 5.57 Å². The molecule has 0 radical (unpaired) electrons. The minimum Gasteiger partial charge on any atom is -0.490 e. The van der Waals surface area contributed by atoms with Crippen molar-refractivity contribution in [1.29, 1.82) is 0 Å². The molecule has 0 saturated heterocycles.